The smallest absolute Gasteiger partial charge is 0.293 e. The first-order valence-electron chi connectivity index (χ1n) is 8.06. The molecule has 5 nitrogen and oxygen atoms in total. The predicted molar refractivity (Wildman–Crippen MR) is 99.0 cm³/mol. The monoisotopic (exact) mass is 389 g/mol. The summed E-state index contributed by atoms with van der Waals surface area (Å²) < 4.78 is 0.783. The van der Waals surface area contributed by atoms with E-state index in [1.807, 2.05) is 6.07 Å². The maximum atomic E-state index is 11.1. The van der Waals surface area contributed by atoms with Crippen molar-refractivity contribution in [1.82, 2.24) is 4.90 Å². The Morgan fingerprint density at radius 3 is 2.71 bits per heavy atom. The van der Waals surface area contributed by atoms with E-state index in [1.165, 1.54) is 11.6 Å². The first-order chi connectivity index (χ1) is 11.6. The first-order valence-corrected chi connectivity index (χ1v) is 8.86. The van der Waals surface area contributed by atoms with Crippen LogP contribution in [0.5, 0.6) is 0 Å². The summed E-state index contributed by atoms with van der Waals surface area (Å²) in [6.07, 6.45) is 2.92. The van der Waals surface area contributed by atoms with E-state index in [0.29, 0.717) is 5.69 Å². The molecule has 1 aliphatic rings. The number of rotatable bonds is 5. The van der Waals surface area contributed by atoms with Crippen molar-refractivity contribution in [2.24, 2.45) is 0 Å². The SMILES string of the molecule is Nc1c([N+](=O)[O-])cc(Br)c2c1CCN(CCCc1ccccc1)C2. The number of nitro groups is 1. The highest BCUT2D eigenvalue weighted by molar-refractivity contribution is 9.10. The molecular weight excluding hydrogens is 370 g/mol. The molecule has 3 rings (SSSR count). The predicted octanol–water partition coefficient (Wildman–Crippen LogP) is 3.93. The molecule has 0 fully saturated rings. The van der Waals surface area contributed by atoms with Crippen molar-refractivity contribution in [3.05, 3.63) is 67.7 Å². The number of nitrogen functional groups attached to an aromatic ring is 1. The van der Waals surface area contributed by atoms with Gasteiger partial charge in [0.25, 0.3) is 5.69 Å². The number of nitrogens with two attached hydrogens (primary N) is 1. The maximum Gasteiger partial charge on any atom is 0.293 e. The van der Waals surface area contributed by atoms with Crippen molar-refractivity contribution in [2.45, 2.75) is 25.8 Å². The molecule has 0 radical (unpaired) electrons. The van der Waals surface area contributed by atoms with Crippen LogP contribution in [0.25, 0.3) is 0 Å². The lowest BCUT2D eigenvalue weighted by Crippen LogP contribution is -2.32. The van der Waals surface area contributed by atoms with Crippen molar-refractivity contribution in [1.29, 1.82) is 0 Å². The number of anilines is 1. The lowest BCUT2D eigenvalue weighted by atomic mass is 9.96. The molecule has 1 heterocycles. The summed E-state index contributed by atoms with van der Waals surface area (Å²) in [5.41, 5.74) is 9.70. The number of fused-ring (bicyclic) bond motifs is 1. The second kappa shape index (κ2) is 7.32. The Hall–Kier alpha value is -1.92. The van der Waals surface area contributed by atoms with E-state index in [4.69, 9.17) is 5.73 Å². The average Bonchev–Trinajstić information content (AvgIpc) is 2.59. The minimum atomic E-state index is -0.410. The van der Waals surface area contributed by atoms with Gasteiger partial charge in [0, 0.05) is 23.6 Å². The van der Waals surface area contributed by atoms with Crippen LogP contribution in [0.4, 0.5) is 11.4 Å². The van der Waals surface area contributed by atoms with Gasteiger partial charge in [0.15, 0.2) is 0 Å². The second-order valence-corrected chi connectivity index (χ2v) is 6.98. The number of hydrogen-bond donors (Lipinski definition) is 1. The molecule has 0 aliphatic carbocycles. The largest absolute Gasteiger partial charge is 0.393 e. The van der Waals surface area contributed by atoms with Gasteiger partial charge in [-0.15, -0.1) is 0 Å². The average molecular weight is 390 g/mol. The van der Waals surface area contributed by atoms with Gasteiger partial charge in [0.1, 0.15) is 5.69 Å². The van der Waals surface area contributed by atoms with Crippen LogP contribution in [0.2, 0.25) is 0 Å². The van der Waals surface area contributed by atoms with Gasteiger partial charge in [-0.2, -0.15) is 0 Å². The fraction of sp³-hybridized carbons (Fsp3) is 0.333. The van der Waals surface area contributed by atoms with Gasteiger partial charge in [-0.1, -0.05) is 46.3 Å². The molecule has 2 aromatic carbocycles. The van der Waals surface area contributed by atoms with Crippen LogP contribution in [-0.4, -0.2) is 22.9 Å². The fourth-order valence-corrected chi connectivity index (χ4v) is 3.85. The van der Waals surface area contributed by atoms with Gasteiger partial charge in [-0.25, -0.2) is 0 Å². The van der Waals surface area contributed by atoms with E-state index in [-0.39, 0.29) is 5.69 Å². The molecule has 0 amide bonds. The summed E-state index contributed by atoms with van der Waals surface area (Å²) in [5, 5.41) is 11.1. The van der Waals surface area contributed by atoms with Gasteiger partial charge >= 0.3 is 0 Å². The summed E-state index contributed by atoms with van der Waals surface area (Å²) in [6.45, 7) is 2.68. The van der Waals surface area contributed by atoms with Crippen molar-refractivity contribution in [2.75, 3.05) is 18.8 Å². The third kappa shape index (κ3) is 3.60. The van der Waals surface area contributed by atoms with Crippen LogP contribution in [0, 0.1) is 10.1 Å². The molecule has 6 heteroatoms. The van der Waals surface area contributed by atoms with E-state index in [9.17, 15) is 10.1 Å². The van der Waals surface area contributed by atoms with E-state index < -0.39 is 4.92 Å². The van der Waals surface area contributed by atoms with Gasteiger partial charge in [0.2, 0.25) is 0 Å². The minimum absolute atomic E-state index is 0.00171. The Bertz CT molecular complexity index is 750. The maximum absolute atomic E-state index is 11.1. The molecule has 24 heavy (non-hydrogen) atoms. The number of halogens is 1. The fourth-order valence-electron chi connectivity index (χ4n) is 3.27. The van der Waals surface area contributed by atoms with E-state index >= 15 is 0 Å². The zero-order valence-corrected chi connectivity index (χ0v) is 15.0. The summed E-state index contributed by atoms with van der Waals surface area (Å²) >= 11 is 3.48. The lowest BCUT2D eigenvalue weighted by molar-refractivity contribution is -0.384. The van der Waals surface area contributed by atoms with Gasteiger partial charge in [0.05, 0.1) is 4.92 Å². The number of hydrogen-bond acceptors (Lipinski definition) is 4. The van der Waals surface area contributed by atoms with Crippen LogP contribution in [0.3, 0.4) is 0 Å². The highest BCUT2D eigenvalue weighted by atomic mass is 79.9. The molecule has 0 unspecified atom stereocenters. The summed E-state index contributed by atoms with van der Waals surface area (Å²) in [4.78, 5) is 13.1. The van der Waals surface area contributed by atoms with Gasteiger partial charge in [-0.3, -0.25) is 15.0 Å². The van der Waals surface area contributed by atoms with Crippen molar-refractivity contribution >= 4 is 27.3 Å². The van der Waals surface area contributed by atoms with Crippen LogP contribution < -0.4 is 5.73 Å². The summed E-state index contributed by atoms with van der Waals surface area (Å²) in [7, 11) is 0. The Balaban J connectivity index is 1.66. The minimum Gasteiger partial charge on any atom is -0.393 e. The lowest BCUT2D eigenvalue weighted by Gasteiger charge is -2.30. The molecule has 2 N–H and O–H groups in total. The summed E-state index contributed by atoms with van der Waals surface area (Å²) in [5.74, 6) is 0. The third-order valence-electron chi connectivity index (χ3n) is 4.56. The van der Waals surface area contributed by atoms with Crippen LogP contribution in [-0.2, 0) is 19.4 Å². The molecule has 1 aliphatic heterocycles. The van der Waals surface area contributed by atoms with Crippen molar-refractivity contribution in [3.63, 3.8) is 0 Å². The van der Waals surface area contributed by atoms with Crippen molar-refractivity contribution in [3.8, 4) is 0 Å². The van der Waals surface area contributed by atoms with Crippen LogP contribution >= 0.6 is 15.9 Å². The molecule has 126 valence electrons. The third-order valence-corrected chi connectivity index (χ3v) is 5.26. The summed E-state index contributed by atoms with van der Waals surface area (Å²) in [6, 6.07) is 12.0. The second-order valence-electron chi connectivity index (χ2n) is 6.12. The van der Waals surface area contributed by atoms with Gasteiger partial charge in [-0.05, 0) is 42.5 Å². The quantitative estimate of drug-likeness (QED) is 0.477. The molecule has 0 saturated carbocycles. The highest BCUT2D eigenvalue weighted by Gasteiger charge is 2.26. The van der Waals surface area contributed by atoms with Crippen LogP contribution in [0.1, 0.15) is 23.1 Å². The normalized spacial score (nSPS) is 14.4. The Morgan fingerprint density at radius 1 is 1.25 bits per heavy atom. The number of aryl methyl sites for hydroxylation is 1. The standard InChI is InChI=1S/C18H20BrN3O2/c19-16-11-17(22(23)24)18(20)14-8-10-21(12-15(14)16)9-4-7-13-5-2-1-3-6-13/h1-3,5-6,11H,4,7-10,12,20H2. The molecular formula is C18H20BrN3O2. The zero-order valence-electron chi connectivity index (χ0n) is 13.4. The Kier molecular flexibility index (Phi) is 5.16. The molecule has 0 atom stereocenters. The Labute approximate surface area is 149 Å². The number of benzene rings is 2. The zero-order chi connectivity index (χ0) is 17.1. The molecule has 0 bridgehead atoms. The first kappa shape index (κ1) is 16.9. The van der Waals surface area contributed by atoms with E-state index in [1.54, 1.807) is 0 Å². The van der Waals surface area contributed by atoms with Gasteiger partial charge < -0.3 is 5.73 Å². The topological polar surface area (TPSA) is 72.4 Å². The molecule has 2 aromatic rings. The Morgan fingerprint density at radius 2 is 2.00 bits per heavy atom. The van der Waals surface area contributed by atoms with Crippen LogP contribution in [0.15, 0.2) is 40.9 Å². The van der Waals surface area contributed by atoms with E-state index in [0.717, 1.165) is 54.5 Å². The van der Waals surface area contributed by atoms with E-state index in [2.05, 4.69) is 45.1 Å². The molecule has 0 aromatic heterocycles. The highest BCUT2D eigenvalue weighted by Crippen LogP contribution is 2.37. The van der Waals surface area contributed by atoms with Crippen molar-refractivity contribution < 1.29 is 4.92 Å². The molecule has 0 spiro atoms. The number of nitro benzene ring substituents is 1. The molecule has 0 saturated heterocycles. The number of nitrogens with zero attached hydrogens (tertiary/aromatic N) is 2.